The molecule has 0 amide bonds. The van der Waals surface area contributed by atoms with Gasteiger partial charge < -0.3 is 14.8 Å². The summed E-state index contributed by atoms with van der Waals surface area (Å²) in [6.45, 7) is 0. The molecule has 0 aliphatic carbocycles. The number of carbonyl (C=O) groups is 3. The van der Waals surface area contributed by atoms with Gasteiger partial charge in [-0.1, -0.05) is 35.3 Å². The normalized spacial score (nSPS) is 10.9. The lowest BCUT2D eigenvalue weighted by molar-refractivity contribution is -0.138. The lowest BCUT2D eigenvalue weighted by Crippen LogP contribution is -2.17. The molecular formula is C19H15Cl2NO5. The summed E-state index contributed by atoms with van der Waals surface area (Å²) >= 11 is 12.1. The van der Waals surface area contributed by atoms with E-state index in [2.05, 4.69) is 14.8 Å². The fourth-order valence-corrected chi connectivity index (χ4v) is 2.58. The Morgan fingerprint density at radius 3 is 2.30 bits per heavy atom. The maximum absolute atomic E-state index is 12.9. The predicted molar refractivity (Wildman–Crippen MR) is 102 cm³/mol. The third-order valence-corrected chi connectivity index (χ3v) is 4.05. The number of ketones is 1. The molecule has 0 saturated heterocycles. The van der Waals surface area contributed by atoms with Crippen molar-refractivity contribution < 1.29 is 23.9 Å². The van der Waals surface area contributed by atoms with Gasteiger partial charge in [0, 0.05) is 16.1 Å². The number of rotatable bonds is 6. The summed E-state index contributed by atoms with van der Waals surface area (Å²) in [4.78, 5) is 36.4. The van der Waals surface area contributed by atoms with Crippen LogP contribution in [0.5, 0.6) is 0 Å². The van der Waals surface area contributed by atoms with Crippen molar-refractivity contribution in [3.8, 4) is 0 Å². The molecule has 2 aromatic rings. The number of anilines is 1. The van der Waals surface area contributed by atoms with Gasteiger partial charge in [0.05, 0.1) is 31.0 Å². The van der Waals surface area contributed by atoms with Gasteiger partial charge in [0.1, 0.15) is 5.70 Å². The maximum Gasteiger partial charge on any atom is 0.354 e. The Labute approximate surface area is 165 Å². The standard InChI is InChI=1S/C19H15Cl2NO5/c1-26-17(23)10-16(19(25)27-2)22-15-8-7-11(20)9-13(15)18(24)12-5-3-4-6-14(12)21/h3-10,22H,1-2H3/b16-10+. The van der Waals surface area contributed by atoms with Gasteiger partial charge in [-0.2, -0.15) is 0 Å². The SMILES string of the molecule is COC(=O)/C=C(/Nc1ccc(Cl)cc1C(=O)c1ccccc1Cl)C(=O)OC. The van der Waals surface area contributed by atoms with Crippen LogP contribution in [0.25, 0.3) is 0 Å². The van der Waals surface area contributed by atoms with Gasteiger partial charge in [0.2, 0.25) is 0 Å². The highest BCUT2D eigenvalue weighted by Gasteiger charge is 2.20. The van der Waals surface area contributed by atoms with Crippen LogP contribution in [0.1, 0.15) is 15.9 Å². The predicted octanol–water partition coefficient (Wildman–Crippen LogP) is 3.87. The molecule has 27 heavy (non-hydrogen) atoms. The Morgan fingerprint density at radius 1 is 0.963 bits per heavy atom. The second-order valence-corrected chi connectivity index (χ2v) is 6.04. The highest BCUT2D eigenvalue weighted by atomic mass is 35.5. The Bertz CT molecular complexity index is 924. The van der Waals surface area contributed by atoms with E-state index in [0.29, 0.717) is 5.02 Å². The number of nitrogens with one attached hydrogen (secondary N) is 1. The fourth-order valence-electron chi connectivity index (χ4n) is 2.18. The maximum atomic E-state index is 12.9. The summed E-state index contributed by atoms with van der Waals surface area (Å²) in [7, 11) is 2.33. The summed E-state index contributed by atoms with van der Waals surface area (Å²) in [5, 5.41) is 3.31. The average molecular weight is 408 g/mol. The first-order valence-electron chi connectivity index (χ1n) is 7.61. The highest BCUT2D eigenvalue weighted by Crippen LogP contribution is 2.27. The van der Waals surface area contributed by atoms with Crippen LogP contribution >= 0.6 is 23.2 Å². The van der Waals surface area contributed by atoms with Crippen LogP contribution in [0.3, 0.4) is 0 Å². The molecule has 2 aromatic carbocycles. The van der Waals surface area contributed by atoms with Gasteiger partial charge >= 0.3 is 11.9 Å². The average Bonchev–Trinajstić information content (AvgIpc) is 2.67. The quantitative estimate of drug-likeness (QED) is 0.444. The minimum Gasteiger partial charge on any atom is -0.466 e. The Kier molecular flexibility index (Phi) is 6.98. The van der Waals surface area contributed by atoms with E-state index in [1.165, 1.54) is 25.3 Å². The number of benzene rings is 2. The Morgan fingerprint density at radius 2 is 1.67 bits per heavy atom. The van der Waals surface area contributed by atoms with Gasteiger partial charge in [-0.05, 0) is 30.3 Å². The number of hydrogen-bond acceptors (Lipinski definition) is 6. The van der Waals surface area contributed by atoms with Gasteiger partial charge in [-0.3, -0.25) is 4.79 Å². The van der Waals surface area contributed by atoms with Gasteiger partial charge in [0.25, 0.3) is 0 Å². The van der Waals surface area contributed by atoms with E-state index in [1.54, 1.807) is 24.3 Å². The lowest BCUT2D eigenvalue weighted by Gasteiger charge is -2.14. The summed E-state index contributed by atoms with van der Waals surface area (Å²) in [6.07, 6.45) is 0.921. The highest BCUT2D eigenvalue weighted by molar-refractivity contribution is 6.35. The first kappa shape index (κ1) is 20.5. The minimum absolute atomic E-state index is 0.162. The van der Waals surface area contributed by atoms with Crippen LogP contribution in [0.2, 0.25) is 10.0 Å². The topological polar surface area (TPSA) is 81.7 Å². The molecule has 140 valence electrons. The van der Waals surface area contributed by atoms with Crippen molar-refractivity contribution in [2.45, 2.75) is 0 Å². The molecule has 0 atom stereocenters. The largest absolute Gasteiger partial charge is 0.466 e. The number of ether oxygens (including phenoxy) is 2. The molecule has 2 rings (SSSR count). The van der Waals surface area contributed by atoms with Crippen LogP contribution in [-0.4, -0.2) is 31.9 Å². The second-order valence-electron chi connectivity index (χ2n) is 5.20. The molecule has 0 radical (unpaired) electrons. The Hall–Kier alpha value is -2.83. The third-order valence-electron chi connectivity index (χ3n) is 3.48. The summed E-state index contributed by atoms with van der Waals surface area (Å²) in [6, 6.07) is 11.0. The van der Waals surface area contributed by atoms with Crippen LogP contribution in [0.4, 0.5) is 5.69 Å². The second kappa shape index (κ2) is 9.21. The number of esters is 2. The zero-order valence-corrected chi connectivity index (χ0v) is 15.9. The van der Waals surface area contributed by atoms with Gasteiger partial charge in [-0.15, -0.1) is 0 Å². The first-order valence-corrected chi connectivity index (χ1v) is 8.36. The van der Waals surface area contributed by atoms with Crippen molar-refractivity contribution >= 4 is 46.6 Å². The Balaban J connectivity index is 2.50. The zero-order valence-electron chi connectivity index (χ0n) is 14.4. The molecule has 0 aromatic heterocycles. The molecule has 0 unspecified atom stereocenters. The minimum atomic E-state index is -0.813. The van der Waals surface area contributed by atoms with E-state index in [0.717, 1.165) is 13.2 Å². The van der Waals surface area contributed by atoms with E-state index in [9.17, 15) is 14.4 Å². The van der Waals surface area contributed by atoms with Crippen LogP contribution in [0.15, 0.2) is 54.2 Å². The molecule has 8 heteroatoms. The molecule has 0 heterocycles. The first-order chi connectivity index (χ1) is 12.9. The van der Waals surface area contributed by atoms with Crippen LogP contribution < -0.4 is 5.32 Å². The van der Waals surface area contributed by atoms with E-state index < -0.39 is 17.7 Å². The number of carbonyl (C=O) groups excluding carboxylic acids is 3. The molecule has 0 spiro atoms. The van der Waals surface area contributed by atoms with E-state index in [4.69, 9.17) is 23.2 Å². The summed E-state index contributed by atoms with van der Waals surface area (Å²) in [5.41, 5.74) is 0.459. The van der Waals surface area contributed by atoms with Crippen molar-refractivity contribution in [1.82, 2.24) is 0 Å². The molecular weight excluding hydrogens is 393 g/mol. The zero-order chi connectivity index (χ0) is 20.0. The summed E-state index contributed by atoms with van der Waals surface area (Å²) < 4.78 is 9.17. The molecule has 0 aliphatic rings. The van der Waals surface area contributed by atoms with E-state index in [-0.39, 0.29) is 27.5 Å². The van der Waals surface area contributed by atoms with Crippen molar-refractivity contribution in [1.29, 1.82) is 0 Å². The van der Waals surface area contributed by atoms with Crippen molar-refractivity contribution in [2.24, 2.45) is 0 Å². The van der Waals surface area contributed by atoms with E-state index >= 15 is 0 Å². The number of hydrogen-bond donors (Lipinski definition) is 1. The van der Waals surface area contributed by atoms with Gasteiger partial charge in [0.15, 0.2) is 5.78 Å². The van der Waals surface area contributed by atoms with Crippen molar-refractivity contribution in [2.75, 3.05) is 19.5 Å². The van der Waals surface area contributed by atoms with Crippen molar-refractivity contribution in [3.63, 3.8) is 0 Å². The molecule has 0 saturated carbocycles. The molecule has 0 fully saturated rings. The lowest BCUT2D eigenvalue weighted by atomic mass is 10.0. The monoisotopic (exact) mass is 407 g/mol. The molecule has 1 N–H and O–H groups in total. The molecule has 0 bridgehead atoms. The fraction of sp³-hybridized carbons (Fsp3) is 0.105. The van der Waals surface area contributed by atoms with Crippen molar-refractivity contribution in [3.05, 3.63) is 75.4 Å². The third kappa shape index (κ3) is 5.09. The number of halogens is 2. The van der Waals surface area contributed by atoms with E-state index in [1.807, 2.05) is 0 Å². The number of methoxy groups -OCH3 is 2. The summed E-state index contributed by atoms with van der Waals surface area (Å²) in [5.74, 6) is -1.99. The van der Waals surface area contributed by atoms with Crippen LogP contribution in [-0.2, 0) is 19.1 Å². The van der Waals surface area contributed by atoms with Gasteiger partial charge in [-0.25, -0.2) is 9.59 Å². The van der Waals surface area contributed by atoms with Crippen LogP contribution in [0, 0.1) is 0 Å². The molecule has 6 nitrogen and oxygen atoms in total. The smallest absolute Gasteiger partial charge is 0.354 e. The molecule has 0 aliphatic heterocycles.